The highest BCUT2D eigenvalue weighted by molar-refractivity contribution is 5.47. The Hall–Kier alpha value is -1.36. The van der Waals surface area contributed by atoms with Crippen molar-refractivity contribution in [2.45, 2.75) is 20.0 Å². The Balaban J connectivity index is 2.88. The van der Waals surface area contributed by atoms with Crippen LogP contribution in [0.1, 0.15) is 12.5 Å². The summed E-state index contributed by atoms with van der Waals surface area (Å²) >= 11 is 0. The minimum Gasteiger partial charge on any atom is -0.392 e. The van der Waals surface area contributed by atoms with Crippen molar-refractivity contribution in [3.8, 4) is 0 Å². The third-order valence-corrected chi connectivity index (χ3v) is 1.86. The molecule has 14 heavy (non-hydrogen) atoms. The molecule has 0 aromatic carbocycles. The molecule has 0 aliphatic heterocycles. The fraction of sp³-hybridized carbons (Fsp3) is 0.556. The van der Waals surface area contributed by atoms with Crippen LogP contribution < -0.4 is 10.6 Å². The monoisotopic (exact) mass is 196 g/mol. The number of aromatic nitrogens is 2. The van der Waals surface area contributed by atoms with Gasteiger partial charge in [0.25, 0.3) is 0 Å². The van der Waals surface area contributed by atoms with Gasteiger partial charge in [0, 0.05) is 25.4 Å². The highest BCUT2D eigenvalue weighted by atomic mass is 16.3. The smallest absolute Gasteiger partial charge is 0.221 e. The summed E-state index contributed by atoms with van der Waals surface area (Å²) in [6.07, 6.45) is 1.28. The molecule has 78 valence electrons. The van der Waals surface area contributed by atoms with Crippen LogP contribution in [0.15, 0.2) is 6.20 Å². The van der Waals surface area contributed by atoms with Gasteiger partial charge in [0.1, 0.15) is 5.82 Å². The Labute approximate surface area is 83.6 Å². The number of aliphatic hydroxyl groups excluding tert-OH is 1. The van der Waals surface area contributed by atoms with Crippen LogP contribution in [0.5, 0.6) is 0 Å². The maximum absolute atomic E-state index is 9.23. The molecule has 1 aromatic rings. The topological polar surface area (TPSA) is 75.3 Å². The minimum absolute atomic E-state index is 0.253. The number of aliphatic hydroxyl groups is 1. The maximum atomic E-state index is 9.23. The number of rotatable bonds is 3. The van der Waals surface area contributed by atoms with Gasteiger partial charge in [-0.3, -0.25) is 0 Å². The van der Waals surface area contributed by atoms with E-state index in [1.54, 1.807) is 13.1 Å². The van der Waals surface area contributed by atoms with E-state index in [0.29, 0.717) is 6.54 Å². The zero-order valence-electron chi connectivity index (χ0n) is 8.73. The van der Waals surface area contributed by atoms with Gasteiger partial charge in [-0.25, -0.2) is 4.98 Å². The molecule has 5 nitrogen and oxygen atoms in total. The predicted octanol–water partition coefficient (Wildman–Crippen LogP) is 0.184. The first kappa shape index (κ1) is 10.7. The van der Waals surface area contributed by atoms with Crippen molar-refractivity contribution in [2.24, 2.45) is 0 Å². The molecule has 1 unspecified atom stereocenters. The van der Waals surface area contributed by atoms with Crippen LogP contribution in [-0.2, 0) is 0 Å². The fourth-order valence-electron chi connectivity index (χ4n) is 1.32. The van der Waals surface area contributed by atoms with E-state index in [2.05, 4.69) is 9.97 Å². The lowest BCUT2D eigenvalue weighted by Gasteiger charge is -2.21. The fourth-order valence-corrected chi connectivity index (χ4v) is 1.32. The molecule has 0 aliphatic rings. The summed E-state index contributed by atoms with van der Waals surface area (Å²) in [5.74, 6) is 1.02. The maximum Gasteiger partial charge on any atom is 0.221 e. The molecule has 1 aromatic heterocycles. The average Bonchev–Trinajstić information content (AvgIpc) is 2.08. The van der Waals surface area contributed by atoms with Gasteiger partial charge < -0.3 is 15.7 Å². The van der Waals surface area contributed by atoms with Gasteiger partial charge >= 0.3 is 0 Å². The molecule has 0 spiro atoms. The van der Waals surface area contributed by atoms with Gasteiger partial charge in [0.2, 0.25) is 5.95 Å². The number of anilines is 2. The van der Waals surface area contributed by atoms with Crippen molar-refractivity contribution < 1.29 is 5.11 Å². The zero-order chi connectivity index (χ0) is 10.7. The molecule has 0 amide bonds. The molecule has 0 saturated heterocycles. The quantitative estimate of drug-likeness (QED) is 0.721. The van der Waals surface area contributed by atoms with E-state index in [1.165, 1.54) is 0 Å². The van der Waals surface area contributed by atoms with Gasteiger partial charge in [-0.05, 0) is 13.8 Å². The number of nitrogen functional groups attached to an aromatic ring is 1. The van der Waals surface area contributed by atoms with E-state index in [9.17, 15) is 5.11 Å². The molecule has 1 heterocycles. The van der Waals surface area contributed by atoms with Gasteiger partial charge in [0.05, 0.1) is 6.10 Å². The van der Waals surface area contributed by atoms with Gasteiger partial charge in [0.15, 0.2) is 0 Å². The number of hydrogen-bond acceptors (Lipinski definition) is 5. The van der Waals surface area contributed by atoms with Crippen molar-refractivity contribution in [3.05, 3.63) is 11.8 Å². The molecule has 0 aliphatic carbocycles. The lowest BCUT2D eigenvalue weighted by atomic mass is 10.3. The van der Waals surface area contributed by atoms with Crippen LogP contribution in [0, 0.1) is 6.92 Å². The normalized spacial score (nSPS) is 12.6. The lowest BCUT2D eigenvalue weighted by Crippen LogP contribution is -2.28. The number of nitrogens with zero attached hydrogens (tertiary/aromatic N) is 3. The zero-order valence-corrected chi connectivity index (χ0v) is 8.73. The summed E-state index contributed by atoms with van der Waals surface area (Å²) in [5.41, 5.74) is 6.43. The molecule has 1 atom stereocenters. The number of nitrogens with two attached hydrogens (primary N) is 1. The van der Waals surface area contributed by atoms with Crippen molar-refractivity contribution >= 4 is 11.8 Å². The van der Waals surface area contributed by atoms with E-state index in [-0.39, 0.29) is 5.95 Å². The van der Waals surface area contributed by atoms with Crippen LogP contribution >= 0.6 is 0 Å². The molecular formula is C9H16N4O. The largest absolute Gasteiger partial charge is 0.392 e. The lowest BCUT2D eigenvalue weighted by molar-refractivity contribution is 0.201. The van der Waals surface area contributed by atoms with E-state index in [4.69, 9.17) is 5.73 Å². The van der Waals surface area contributed by atoms with Gasteiger partial charge in [-0.15, -0.1) is 0 Å². The van der Waals surface area contributed by atoms with Gasteiger partial charge in [-0.2, -0.15) is 4.98 Å². The molecule has 0 radical (unpaired) electrons. The Morgan fingerprint density at radius 2 is 2.29 bits per heavy atom. The van der Waals surface area contributed by atoms with Gasteiger partial charge in [-0.1, -0.05) is 0 Å². The van der Waals surface area contributed by atoms with Crippen molar-refractivity contribution in [2.75, 3.05) is 24.2 Å². The summed E-state index contributed by atoms with van der Waals surface area (Å²) in [6, 6.07) is 0. The Kier molecular flexibility index (Phi) is 3.24. The second-order valence-corrected chi connectivity index (χ2v) is 3.46. The second kappa shape index (κ2) is 4.23. The first-order chi connectivity index (χ1) is 6.50. The summed E-state index contributed by atoms with van der Waals surface area (Å²) in [7, 11) is 1.86. The first-order valence-corrected chi connectivity index (χ1v) is 4.49. The van der Waals surface area contributed by atoms with Crippen molar-refractivity contribution in [1.82, 2.24) is 9.97 Å². The molecular weight excluding hydrogens is 180 g/mol. The number of hydrogen-bond donors (Lipinski definition) is 2. The van der Waals surface area contributed by atoms with Crippen molar-refractivity contribution in [3.63, 3.8) is 0 Å². The molecule has 1 rings (SSSR count). The summed E-state index contributed by atoms with van der Waals surface area (Å²) in [6.45, 7) is 4.17. The molecule has 5 heteroatoms. The van der Waals surface area contributed by atoms with Crippen LogP contribution in [0.3, 0.4) is 0 Å². The standard InChI is InChI=1S/C9H16N4O/c1-6-4-11-9(10)12-8(6)13(3)5-7(2)14/h4,7,14H,5H2,1-3H3,(H2,10,11,12). The third kappa shape index (κ3) is 2.56. The highest BCUT2D eigenvalue weighted by Crippen LogP contribution is 2.15. The third-order valence-electron chi connectivity index (χ3n) is 1.86. The Bertz CT molecular complexity index is 314. The predicted molar refractivity (Wildman–Crippen MR) is 56.1 cm³/mol. The molecule has 0 fully saturated rings. The van der Waals surface area contributed by atoms with E-state index < -0.39 is 6.10 Å². The van der Waals surface area contributed by atoms with Crippen LogP contribution in [0.4, 0.5) is 11.8 Å². The van der Waals surface area contributed by atoms with Crippen LogP contribution in [0.2, 0.25) is 0 Å². The Morgan fingerprint density at radius 3 is 2.86 bits per heavy atom. The van der Waals surface area contributed by atoms with E-state index >= 15 is 0 Å². The first-order valence-electron chi connectivity index (χ1n) is 4.49. The minimum atomic E-state index is -0.393. The molecule has 0 bridgehead atoms. The van der Waals surface area contributed by atoms with E-state index in [0.717, 1.165) is 11.4 Å². The number of likely N-dealkylation sites (N-methyl/N-ethyl adjacent to an activating group) is 1. The van der Waals surface area contributed by atoms with Crippen LogP contribution in [-0.4, -0.2) is 34.8 Å². The molecule has 0 saturated carbocycles. The second-order valence-electron chi connectivity index (χ2n) is 3.46. The molecule has 3 N–H and O–H groups in total. The number of aryl methyl sites for hydroxylation is 1. The van der Waals surface area contributed by atoms with Crippen LogP contribution in [0.25, 0.3) is 0 Å². The summed E-state index contributed by atoms with van der Waals surface area (Å²) in [4.78, 5) is 9.84. The van der Waals surface area contributed by atoms with E-state index in [1.807, 2.05) is 18.9 Å². The SMILES string of the molecule is Cc1cnc(N)nc1N(C)CC(C)O. The summed E-state index contributed by atoms with van der Waals surface area (Å²) in [5, 5.41) is 9.23. The highest BCUT2D eigenvalue weighted by Gasteiger charge is 2.09. The average molecular weight is 196 g/mol. The Morgan fingerprint density at radius 1 is 1.64 bits per heavy atom. The van der Waals surface area contributed by atoms with Crippen molar-refractivity contribution in [1.29, 1.82) is 0 Å². The summed E-state index contributed by atoms with van der Waals surface area (Å²) < 4.78 is 0.